The van der Waals surface area contributed by atoms with E-state index in [1.54, 1.807) is 48.8 Å². The van der Waals surface area contributed by atoms with Gasteiger partial charge in [0.25, 0.3) is 0 Å². The van der Waals surface area contributed by atoms with Gasteiger partial charge in [-0.05, 0) is 49.2 Å². The Bertz CT molecular complexity index is 1270. The van der Waals surface area contributed by atoms with Gasteiger partial charge in [0.15, 0.2) is 0 Å². The minimum absolute atomic E-state index is 0.231. The van der Waals surface area contributed by atoms with Crippen LogP contribution in [0.3, 0.4) is 0 Å². The molecule has 0 saturated heterocycles. The van der Waals surface area contributed by atoms with Gasteiger partial charge in [-0.15, -0.1) is 11.3 Å². The van der Waals surface area contributed by atoms with Crippen molar-refractivity contribution in [1.82, 2.24) is 4.72 Å². The lowest BCUT2D eigenvalue weighted by molar-refractivity contribution is 0.415. The zero-order valence-electron chi connectivity index (χ0n) is 17.7. The van der Waals surface area contributed by atoms with E-state index in [-0.39, 0.29) is 4.90 Å². The molecule has 3 aromatic rings. The van der Waals surface area contributed by atoms with E-state index in [1.165, 1.54) is 0 Å². The summed E-state index contributed by atoms with van der Waals surface area (Å²) >= 11 is 1.59. The number of sulfonamides is 1. The van der Waals surface area contributed by atoms with Gasteiger partial charge in [-0.2, -0.15) is 0 Å². The van der Waals surface area contributed by atoms with E-state index in [1.807, 2.05) is 38.1 Å². The minimum Gasteiger partial charge on any atom is -0.497 e. The van der Waals surface area contributed by atoms with E-state index in [0.717, 1.165) is 43.6 Å². The maximum absolute atomic E-state index is 13.2. The van der Waals surface area contributed by atoms with Crippen LogP contribution in [0.1, 0.15) is 35.4 Å². The molecule has 31 heavy (non-hydrogen) atoms. The molecule has 1 aromatic heterocycles. The fraction of sp³-hybridized carbons (Fsp3) is 0.208. The Labute approximate surface area is 187 Å². The van der Waals surface area contributed by atoms with Gasteiger partial charge in [-0.1, -0.05) is 36.9 Å². The van der Waals surface area contributed by atoms with Crippen molar-refractivity contribution in [1.29, 1.82) is 0 Å². The number of hydrogen-bond donors (Lipinski definition) is 1. The molecule has 0 fully saturated rings. The van der Waals surface area contributed by atoms with Crippen LogP contribution < -0.4 is 9.46 Å². The first kappa shape index (κ1) is 21.5. The summed E-state index contributed by atoms with van der Waals surface area (Å²) in [5, 5.41) is 0.855. The van der Waals surface area contributed by atoms with Crippen molar-refractivity contribution >= 4 is 38.1 Å². The molecule has 1 atom stereocenters. The standard InChI is InChI=1S/C24H24N2O3S2/c1-5-17-9-11-20(12-10-17)31(27,28)26-21-13-15(2)25-24-23(21)22(16(3)30-24)18-7-6-8-19(14-18)29-4/h5-12,14,21,26H,1,13H2,2-4H3. The zero-order chi connectivity index (χ0) is 22.2. The van der Waals surface area contributed by atoms with Crippen molar-refractivity contribution in [2.75, 3.05) is 7.11 Å². The van der Waals surface area contributed by atoms with Crippen LogP contribution in [0.5, 0.6) is 5.75 Å². The number of hydrogen-bond acceptors (Lipinski definition) is 5. The maximum atomic E-state index is 13.2. The number of rotatable bonds is 6. The molecule has 0 saturated carbocycles. The van der Waals surface area contributed by atoms with Gasteiger partial charge in [0.1, 0.15) is 10.8 Å². The molecule has 0 spiro atoms. The molecule has 1 unspecified atom stereocenters. The zero-order valence-corrected chi connectivity index (χ0v) is 19.3. The Hall–Kier alpha value is -2.74. The Morgan fingerprint density at radius 1 is 1.19 bits per heavy atom. The topological polar surface area (TPSA) is 67.8 Å². The highest BCUT2D eigenvalue weighted by Crippen LogP contribution is 2.48. The molecule has 0 aliphatic carbocycles. The van der Waals surface area contributed by atoms with E-state index >= 15 is 0 Å². The van der Waals surface area contributed by atoms with Crippen LogP contribution in [0.4, 0.5) is 5.00 Å². The minimum atomic E-state index is -3.71. The van der Waals surface area contributed by atoms with Crippen LogP contribution in [0, 0.1) is 6.92 Å². The van der Waals surface area contributed by atoms with E-state index in [0.29, 0.717) is 6.42 Å². The van der Waals surface area contributed by atoms with Crippen LogP contribution in [0.25, 0.3) is 17.2 Å². The van der Waals surface area contributed by atoms with Gasteiger partial charge < -0.3 is 4.74 Å². The van der Waals surface area contributed by atoms with Gasteiger partial charge in [0.2, 0.25) is 10.0 Å². The Balaban J connectivity index is 1.78. The molecule has 1 aliphatic rings. The lowest BCUT2D eigenvalue weighted by Crippen LogP contribution is -2.31. The summed E-state index contributed by atoms with van der Waals surface area (Å²) in [6, 6.07) is 14.1. The fourth-order valence-corrected chi connectivity index (χ4v) is 6.23. The van der Waals surface area contributed by atoms with E-state index in [4.69, 9.17) is 9.73 Å². The molecular weight excluding hydrogens is 428 g/mol. The summed E-state index contributed by atoms with van der Waals surface area (Å²) in [7, 11) is -2.08. The number of methoxy groups -OCH3 is 1. The number of fused-ring (bicyclic) bond motifs is 1. The number of benzene rings is 2. The van der Waals surface area contributed by atoms with Crippen LogP contribution >= 0.6 is 11.3 Å². The summed E-state index contributed by atoms with van der Waals surface area (Å²) in [6.07, 6.45) is 2.20. The Morgan fingerprint density at radius 3 is 2.61 bits per heavy atom. The van der Waals surface area contributed by atoms with Crippen molar-refractivity contribution in [3.05, 3.63) is 71.1 Å². The molecule has 0 amide bonds. The molecule has 5 nitrogen and oxygen atoms in total. The maximum Gasteiger partial charge on any atom is 0.241 e. The van der Waals surface area contributed by atoms with Crippen molar-refractivity contribution in [2.24, 2.45) is 4.99 Å². The third kappa shape index (κ3) is 4.21. The summed E-state index contributed by atoms with van der Waals surface area (Å²) in [5.74, 6) is 0.756. The highest BCUT2D eigenvalue weighted by Gasteiger charge is 2.32. The van der Waals surface area contributed by atoms with Crippen molar-refractivity contribution in [2.45, 2.75) is 31.2 Å². The number of aliphatic imine (C=N–C) groups is 1. The molecular formula is C24H24N2O3S2. The quantitative estimate of drug-likeness (QED) is 0.507. The van der Waals surface area contributed by atoms with Crippen molar-refractivity contribution in [3.63, 3.8) is 0 Å². The van der Waals surface area contributed by atoms with Gasteiger partial charge in [0.05, 0.1) is 18.0 Å². The molecule has 0 radical (unpaired) electrons. The first-order valence-corrected chi connectivity index (χ1v) is 12.2. The number of nitrogens with one attached hydrogen (secondary N) is 1. The fourth-order valence-electron chi connectivity index (χ4n) is 3.85. The van der Waals surface area contributed by atoms with Crippen LogP contribution in [0.15, 0.2) is 65.0 Å². The SMILES string of the molecule is C=Cc1ccc(S(=O)(=O)NC2CC(C)=Nc3sc(C)c(-c4cccc(OC)c4)c32)cc1. The largest absolute Gasteiger partial charge is 0.497 e. The average molecular weight is 453 g/mol. The first-order valence-electron chi connectivity index (χ1n) is 9.89. The number of nitrogens with zero attached hydrogens (tertiary/aromatic N) is 1. The van der Waals surface area contributed by atoms with Crippen LogP contribution in [-0.2, 0) is 10.0 Å². The van der Waals surface area contributed by atoms with Gasteiger partial charge in [-0.3, -0.25) is 0 Å². The first-order chi connectivity index (χ1) is 14.8. The molecule has 7 heteroatoms. The molecule has 2 aromatic carbocycles. The molecule has 0 bridgehead atoms. The summed E-state index contributed by atoms with van der Waals surface area (Å²) < 4.78 is 34.7. The molecule has 1 aliphatic heterocycles. The predicted molar refractivity (Wildman–Crippen MR) is 128 cm³/mol. The second kappa shape index (κ2) is 8.42. The molecule has 1 N–H and O–H groups in total. The van der Waals surface area contributed by atoms with E-state index in [2.05, 4.69) is 11.3 Å². The van der Waals surface area contributed by atoms with Gasteiger partial charge in [0, 0.05) is 28.1 Å². The highest BCUT2D eigenvalue weighted by molar-refractivity contribution is 7.89. The van der Waals surface area contributed by atoms with Crippen molar-refractivity contribution < 1.29 is 13.2 Å². The average Bonchev–Trinajstić information content (AvgIpc) is 3.09. The lowest BCUT2D eigenvalue weighted by atomic mass is 9.93. The molecule has 4 rings (SSSR count). The third-order valence-corrected chi connectivity index (χ3v) is 7.83. The summed E-state index contributed by atoms with van der Waals surface area (Å²) in [5.41, 5.74) is 4.71. The smallest absolute Gasteiger partial charge is 0.241 e. The lowest BCUT2D eigenvalue weighted by Gasteiger charge is -2.24. The number of aryl methyl sites for hydroxylation is 1. The Kier molecular flexibility index (Phi) is 5.83. The van der Waals surface area contributed by atoms with Gasteiger partial charge >= 0.3 is 0 Å². The van der Waals surface area contributed by atoms with E-state index in [9.17, 15) is 8.42 Å². The second-order valence-corrected chi connectivity index (χ2v) is 10.4. The second-order valence-electron chi connectivity index (χ2n) is 7.48. The van der Waals surface area contributed by atoms with Crippen LogP contribution in [0.2, 0.25) is 0 Å². The summed E-state index contributed by atoms with van der Waals surface area (Å²) in [6.45, 7) is 7.69. The molecule has 160 valence electrons. The Morgan fingerprint density at radius 2 is 1.94 bits per heavy atom. The van der Waals surface area contributed by atoms with Crippen molar-refractivity contribution in [3.8, 4) is 16.9 Å². The third-order valence-electron chi connectivity index (χ3n) is 5.32. The summed E-state index contributed by atoms with van der Waals surface area (Å²) in [4.78, 5) is 6.05. The molecule has 2 heterocycles. The van der Waals surface area contributed by atoms with Crippen LogP contribution in [-0.4, -0.2) is 21.2 Å². The van der Waals surface area contributed by atoms with E-state index < -0.39 is 16.1 Å². The monoisotopic (exact) mass is 452 g/mol. The van der Waals surface area contributed by atoms with Gasteiger partial charge in [-0.25, -0.2) is 18.1 Å². The normalized spacial score (nSPS) is 15.8. The number of ether oxygens (including phenoxy) is 1. The predicted octanol–water partition coefficient (Wildman–Crippen LogP) is 5.89. The number of thiophene rings is 1. The highest BCUT2D eigenvalue weighted by atomic mass is 32.2.